The second-order valence-corrected chi connectivity index (χ2v) is 6.21. The lowest BCUT2D eigenvalue weighted by atomic mass is 9.95. The molecule has 1 aromatic rings. The van der Waals surface area contributed by atoms with E-state index in [0.717, 1.165) is 17.5 Å². The first kappa shape index (κ1) is 13.8. The molecule has 1 N–H and O–H groups in total. The van der Waals surface area contributed by atoms with Gasteiger partial charge in [0, 0.05) is 16.2 Å². The van der Waals surface area contributed by atoms with Gasteiger partial charge in [0.1, 0.15) is 5.75 Å². The highest BCUT2D eigenvalue weighted by Gasteiger charge is 2.22. The van der Waals surface area contributed by atoms with E-state index < -0.39 is 0 Å². The number of hydrogen-bond acceptors (Lipinski definition) is 3. The Balaban J connectivity index is 1.91. The Morgan fingerprint density at radius 1 is 1.39 bits per heavy atom. The summed E-state index contributed by atoms with van der Waals surface area (Å²) in [7, 11) is 1.73. The molecule has 3 heteroatoms. The van der Waals surface area contributed by atoms with Crippen LogP contribution in [-0.4, -0.2) is 24.9 Å². The van der Waals surface area contributed by atoms with Gasteiger partial charge in [-0.3, -0.25) is 0 Å². The van der Waals surface area contributed by atoms with Crippen molar-refractivity contribution in [3.05, 3.63) is 24.3 Å². The Hall–Kier alpha value is -0.670. The molecule has 2 nitrogen and oxygen atoms in total. The summed E-state index contributed by atoms with van der Waals surface area (Å²) in [6.45, 7) is 3.28. The second-order valence-electron chi connectivity index (χ2n) is 4.84. The number of methoxy groups -OCH3 is 1. The molecular weight excluding hydrogens is 242 g/mol. The maximum atomic E-state index is 5.28. The lowest BCUT2D eigenvalue weighted by Gasteiger charge is -2.29. The molecule has 0 aliphatic heterocycles. The predicted octanol–water partition coefficient (Wildman–Crippen LogP) is 3.71. The maximum Gasteiger partial charge on any atom is 0.119 e. The molecule has 1 fully saturated rings. The molecule has 1 aromatic carbocycles. The molecule has 0 heterocycles. The molecule has 2 rings (SSSR count). The first-order valence-electron chi connectivity index (χ1n) is 6.86. The molecule has 0 radical (unpaired) electrons. The fourth-order valence-corrected chi connectivity index (χ4v) is 3.93. The van der Waals surface area contributed by atoms with Gasteiger partial charge < -0.3 is 10.1 Å². The van der Waals surface area contributed by atoms with E-state index in [1.165, 1.54) is 30.6 Å². The van der Waals surface area contributed by atoms with Crippen LogP contribution in [0.1, 0.15) is 32.6 Å². The topological polar surface area (TPSA) is 21.3 Å². The average molecular weight is 265 g/mol. The van der Waals surface area contributed by atoms with Gasteiger partial charge in [0.15, 0.2) is 0 Å². The van der Waals surface area contributed by atoms with E-state index in [1.54, 1.807) is 7.11 Å². The average Bonchev–Trinajstić information content (AvgIpc) is 2.40. The van der Waals surface area contributed by atoms with Crippen molar-refractivity contribution in [2.45, 2.75) is 48.8 Å². The molecule has 100 valence electrons. The van der Waals surface area contributed by atoms with Crippen molar-refractivity contribution in [2.24, 2.45) is 0 Å². The van der Waals surface area contributed by atoms with E-state index in [-0.39, 0.29) is 0 Å². The number of hydrogen-bond donors (Lipinski definition) is 1. The van der Waals surface area contributed by atoms with Gasteiger partial charge in [-0.05, 0) is 44.0 Å². The summed E-state index contributed by atoms with van der Waals surface area (Å²) in [5.41, 5.74) is 0. The van der Waals surface area contributed by atoms with Gasteiger partial charge in [0.25, 0.3) is 0 Å². The minimum atomic E-state index is 0.715. The van der Waals surface area contributed by atoms with Crippen LogP contribution in [0.15, 0.2) is 29.2 Å². The summed E-state index contributed by atoms with van der Waals surface area (Å²) in [5, 5.41) is 4.33. The highest BCUT2D eigenvalue weighted by atomic mass is 32.2. The largest absolute Gasteiger partial charge is 0.497 e. The zero-order valence-electron chi connectivity index (χ0n) is 11.3. The van der Waals surface area contributed by atoms with Crippen molar-refractivity contribution in [3.63, 3.8) is 0 Å². The Morgan fingerprint density at radius 2 is 2.28 bits per heavy atom. The van der Waals surface area contributed by atoms with E-state index in [1.807, 2.05) is 17.8 Å². The third-order valence-corrected chi connectivity index (χ3v) is 4.75. The Kier molecular flexibility index (Phi) is 5.39. The first-order chi connectivity index (χ1) is 8.81. The van der Waals surface area contributed by atoms with Crippen molar-refractivity contribution in [1.82, 2.24) is 5.32 Å². The quantitative estimate of drug-likeness (QED) is 0.877. The van der Waals surface area contributed by atoms with Crippen LogP contribution in [0.4, 0.5) is 0 Å². The lowest BCUT2D eigenvalue weighted by Crippen LogP contribution is -2.34. The Labute approximate surface area is 114 Å². The monoisotopic (exact) mass is 265 g/mol. The molecule has 2 atom stereocenters. The fourth-order valence-electron chi connectivity index (χ4n) is 2.59. The van der Waals surface area contributed by atoms with Crippen LogP contribution in [-0.2, 0) is 0 Å². The van der Waals surface area contributed by atoms with Crippen molar-refractivity contribution >= 4 is 11.8 Å². The minimum absolute atomic E-state index is 0.715. The van der Waals surface area contributed by atoms with Crippen LogP contribution in [0, 0.1) is 0 Å². The van der Waals surface area contributed by atoms with E-state index in [2.05, 4.69) is 30.4 Å². The molecule has 18 heavy (non-hydrogen) atoms. The van der Waals surface area contributed by atoms with Crippen molar-refractivity contribution in [1.29, 1.82) is 0 Å². The van der Waals surface area contributed by atoms with Crippen LogP contribution in [0.25, 0.3) is 0 Å². The molecule has 1 aliphatic carbocycles. The van der Waals surface area contributed by atoms with Crippen molar-refractivity contribution in [3.8, 4) is 5.75 Å². The summed E-state index contributed by atoms with van der Waals surface area (Å²) < 4.78 is 5.28. The van der Waals surface area contributed by atoms with Crippen molar-refractivity contribution in [2.75, 3.05) is 13.7 Å². The van der Waals surface area contributed by atoms with Gasteiger partial charge >= 0.3 is 0 Å². The lowest BCUT2D eigenvalue weighted by molar-refractivity contribution is 0.387. The highest BCUT2D eigenvalue weighted by molar-refractivity contribution is 8.00. The highest BCUT2D eigenvalue weighted by Crippen LogP contribution is 2.34. The summed E-state index contributed by atoms with van der Waals surface area (Å²) in [6.07, 6.45) is 5.31. The Bertz CT molecular complexity index is 367. The van der Waals surface area contributed by atoms with Crippen LogP contribution >= 0.6 is 11.8 Å². The molecule has 2 unspecified atom stereocenters. The maximum absolute atomic E-state index is 5.28. The fraction of sp³-hybridized carbons (Fsp3) is 0.600. The third-order valence-electron chi connectivity index (χ3n) is 3.46. The van der Waals surface area contributed by atoms with Gasteiger partial charge in [-0.15, -0.1) is 11.8 Å². The molecule has 1 saturated carbocycles. The number of benzene rings is 1. The number of nitrogens with one attached hydrogen (secondary N) is 1. The normalized spacial score (nSPS) is 23.9. The number of ether oxygens (including phenoxy) is 1. The van der Waals surface area contributed by atoms with Gasteiger partial charge in [-0.2, -0.15) is 0 Å². The van der Waals surface area contributed by atoms with Crippen molar-refractivity contribution < 1.29 is 4.74 Å². The Morgan fingerprint density at radius 3 is 3.06 bits per heavy atom. The third kappa shape index (κ3) is 3.92. The first-order valence-corrected chi connectivity index (χ1v) is 7.74. The summed E-state index contributed by atoms with van der Waals surface area (Å²) in [6, 6.07) is 9.12. The molecular formula is C15H23NOS. The summed E-state index contributed by atoms with van der Waals surface area (Å²) >= 11 is 2.00. The van der Waals surface area contributed by atoms with E-state index in [4.69, 9.17) is 4.74 Å². The number of thioether (sulfide) groups is 1. The predicted molar refractivity (Wildman–Crippen MR) is 78.6 cm³/mol. The smallest absolute Gasteiger partial charge is 0.119 e. The van der Waals surface area contributed by atoms with Crippen LogP contribution in [0.5, 0.6) is 5.75 Å². The molecule has 0 amide bonds. The zero-order chi connectivity index (χ0) is 12.8. The molecule has 0 spiro atoms. The SMILES string of the molecule is CCNC1CCCC(Sc2cccc(OC)c2)C1. The summed E-state index contributed by atoms with van der Waals surface area (Å²) in [5.74, 6) is 0.957. The summed E-state index contributed by atoms with van der Waals surface area (Å²) in [4.78, 5) is 1.33. The van der Waals surface area contributed by atoms with Crippen LogP contribution in [0.3, 0.4) is 0 Å². The molecule has 1 aliphatic rings. The standard InChI is InChI=1S/C15H23NOS/c1-3-16-12-6-4-8-14(10-12)18-15-9-5-7-13(11-15)17-2/h5,7,9,11-12,14,16H,3-4,6,8,10H2,1-2H3. The number of rotatable bonds is 5. The minimum Gasteiger partial charge on any atom is -0.497 e. The van der Waals surface area contributed by atoms with Crippen LogP contribution in [0.2, 0.25) is 0 Å². The van der Waals surface area contributed by atoms with Gasteiger partial charge in [-0.1, -0.05) is 19.4 Å². The van der Waals surface area contributed by atoms with Gasteiger partial charge in [0.2, 0.25) is 0 Å². The molecule has 0 saturated heterocycles. The zero-order valence-corrected chi connectivity index (χ0v) is 12.1. The molecule has 0 aromatic heterocycles. The van der Waals surface area contributed by atoms with Gasteiger partial charge in [0.05, 0.1) is 7.11 Å². The van der Waals surface area contributed by atoms with E-state index in [0.29, 0.717) is 6.04 Å². The van der Waals surface area contributed by atoms with Gasteiger partial charge in [-0.25, -0.2) is 0 Å². The van der Waals surface area contributed by atoms with E-state index in [9.17, 15) is 0 Å². The molecule has 0 bridgehead atoms. The second kappa shape index (κ2) is 7.05. The van der Waals surface area contributed by atoms with Crippen LogP contribution < -0.4 is 10.1 Å². The van der Waals surface area contributed by atoms with E-state index >= 15 is 0 Å².